The van der Waals surface area contributed by atoms with Crippen molar-refractivity contribution in [2.45, 2.75) is 38.8 Å². The third kappa shape index (κ3) is 4.19. The molecule has 3 saturated heterocycles. The number of halogens is 3. The zero-order valence-electron chi connectivity index (χ0n) is 18.7. The second-order valence-electron chi connectivity index (χ2n) is 10.1. The van der Waals surface area contributed by atoms with E-state index in [0.717, 1.165) is 57.6 Å². The lowest BCUT2D eigenvalue weighted by atomic mass is 9.71. The van der Waals surface area contributed by atoms with Crippen molar-refractivity contribution >= 4 is 16.7 Å². The Balaban J connectivity index is 1.28. The monoisotopic (exact) mass is 447 g/mol. The van der Waals surface area contributed by atoms with Gasteiger partial charge in [-0.05, 0) is 81.2 Å². The van der Waals surface area contributed by atoms with Crippen LogP contribution in [0, 0.1) is 17.3 Å². The van der Waals surface area contributed by atoms with Crippen LogP contribution in [0.25, 0.3) is 11.0 Å². The predicted molar refractivity (Wildman–Crippen MR) is 120 cm³/mol. The van der Waals surface area contributed by atoms with Crippen molar-refractivity contribution in [3.63, 3.8) is 0 Å². The predicted octanol–water partition coefficient (Wildman–Crippen LogP) is 4.19. The molecule has 1 N–H and O–H groups in total. The van der Waals surface area contributed by atoms with Gasteiger partial charge in [0.2, 0.25) is 0 Å². The van der Waals surface area contributed by atoms with Gasteiger partial charge in [-0.1, -0.05) is 6.92 Å². The van der Waals surface area contributed by atoms with Crippen molar-refractivity contribution in [1.82, 2.24) is 20.2 Å². The summed E-state index contributed by atoms with van der Waals surface area (Å²) in [6.07, 6.45) is 3.56. The summed E-state index contributed by atoms with van der Waals surface area (Å²) in [5.74, 6) is 0.991. The van der Waals surface area contributed by atoms with E-state index in [1.807, 2.05) is 0 Å². The highest BCUT2D eigenvalue weighted by atomic mass is 19.4. The molecular formula is C24H32F3N5. The third-order valence-corrected chi connectivity index (χ3v) is 8.09. The van der Waals surface area contributed by atoms with Crippen molar-refractivity contribution in [2.75, 3.05) is 50.7 Å². The SMILES string of the molecule is CC1CN(c2ccc(C(F)(F)F)c3nccnc23)CC1CN1CCC2(CCNCC2)CC1. The second-order valence-corrected chi connectivity index (χ2v) is 10.1. The number of hydrogen-bond acceptors (Lipinski definition) is 5. The number of nitrogens with zero attached hydrogens (tertiary/aromatic N) is 4. The Bertz CT molecular complexity index is 946. The first-order valence-corrected chi connectivity index (χ1v) is 11.8. The van der Waals surface area contributed by atoms with E-state index in [2.05, 4.69) is 32.0 Å². The average Bonchev–Trinajstić information content (AvgIpc) is 3.14. The standard InChI is InChI=1S/C24H32F3N5/c1-17-14-32(20-3-2-19(24(25,26)27)21-22(20)30-11-10-29-21)16-18(17)15-31-12-6-23(7-13-31)4-8-28-9-5-23/h2-3,10-11,17-18,28H,4-9,12-16H2,1H3. The van der Waals surface area contributed by atoms with Gasteiger partial charge < -0.3 is 15.1 Å². The van der Waals surface area contributed by atoms with Crippen molar-refractivity contribution in [2.24, 2.45) is 17.3 Å². The molecule has 0 bridgehead atoms. The second kappa shape index (κ2) is 8.45. The van der Waals surface area contributed by atoms with Crippen LogP contribution in [0.15, 0.2) is 24.5 Å². The van der Waals surface area contributed by atoms with Gasteiger partial charge in [-0.25, -0.2) is 0 Å². The van der Waals surface area contributed by atoms with Crippen LogP contribution in [-0.4, -0.2) is 60.7 Å². The minimum Gasteiger partial charge on any atom is -0.369 e. The molecule has 1 spiro atoms. The lowest BCUT2D eigenvalue weighted by Crippen LogP contribution is -2.47. The molecule has 2 aromatic rings. The van der Waals surface area contributed by atoms with E-state index < -0.39 is 11.7 Å². The first-order chi connectivity index (χ1) is 15.3. The number of piperidine rings is 2. The molecule has 3 aliphatic rings. The number of aromatic nitrogens is 2. The molecule has 4 heterocycles. The smallest absolute Gasteiger partial charge is 0.369 e. The number of likely N-dealkylation sites (tertiary alicyclic amines) is 1. The normalized spacial score (nSPS) is 26.8. The lowest BCUT2D eigenvalue weighted by molar-refractivity contribution is -0.136. The van der Waals surface area contributed by atoms with Gasteiger partial charge in [-0.3, -0.25) is 9.97 Å². The summed E-state index contributed by atoms with van der Waals surface area (Å²) >= 11 is 0. The van der Waals surface area contributed by atoms with Crippen LogP contribution in [0.1, 0.15) is 38.2 Å². The maximum absolute atomic E-state index is 13.5. The molecule has 5 rings (SSSR count). The Morgan fingerprint density at radius 2 is 1.69 bits per heavy atom. The molecule has 0 amide bonds. The average molecular weight is 448 g/mol. The molecule has 5 nitrogen and oxygen atoms in total. The molecule has 2 atom stereocenters. The van der Waals surface area contributed by atoms with E-state index in [4.69, 9.17) is 0 Å². The van der Waals surface area contributed by atoms with Gasteiger partial charge in [0.15, 0.2) is 0 Å². The molecule has 2 unspecified atom stereocenters. The fourth-order valence-corrected chi connectivity index (χ4v) is 5.99. The van der Waals surface area contributed by atoms with E-state index in [0.29, 0.717) is 22.8 Å². The summed E-state index contributed by atoms with van der Waals surface area (Å²) < 4.78 is 40.4. The van der Waals surface area contributed by atoms with Gasteiger partial charge in [-0.15, -0.1) is 0 Å². The molecule has 1 aromatic carbocycles. The van der Waals surface area contributed by atoms with Gasteiger partial charge in [0, 0.05) is 32.0 Å². The van der Waals surface area contributed by atoms with E-state index in [-0.39, 0.29) is 5.52 Å². The number of rotatable bonds is 3. The Hall–Kier alpha value is -1.93. The van der Waals surface area contributed by atoms with Crippen LogP contribution in [-0.2, 0) is 6.18 Å². The minimum absolute atomic E-state index is 0.0584. The summed E-state index contributed by atoms with van der Waals surface area (Å²) in [4.78, 5) is 13.2. The zero-order chi connectivity index (χ0) is 22.3. The van der Waals surface area contributed by atoms with Gasteiger partial charge in [0.1, 0.15) is 11.0 Å². The fourth-order valence-electron chi connectivity index (χ4n) is 5.99. The van der Waals surface area contributed by atoms with Crippen LogP contribution in [0.3, 0.4) is 0 Å². The Morgan fingerprint density at radius 1 is 1.00 bits per heavy atom. The molecule has 3 fully saturated rings. The molecule has 174 valence electrons. The van der Waals surface area contributed by atoms with Gasteiger partial charge >= 0.3 is 6.18 Å². The number of nitrogens with one attached hydrogen (secondary N) is 1. The van der Waals surface area contributed by atoms with Crippen LogP contribution >= 0.6 is 0 Å². The number of fused-ring (bicyclic) bond motifs is 1. The van der Waals surface area contributed by atoms with Crippen molar-refractivity contribution in [3.05, 3.63) is 30.1 Å². The number of anilines is 1. The van der Waals surface area contributed by atoms with Crippen LogP contribution < -0.4 is 10.2 Å². The first-order valence-electron chi connectivity index (χ1n) is 11.8. The number of hydrogen-bond donors (Lipinski definition) is 1. The molecular weight excluding hydrogens is 415 g/mol. The summed E-state index contributed by atoms with van der Waals surface area (Å²) in [6, 6.07) is 2.74. The molecule has 1 aromatic heterocycles. The van der Waals surface area contributed by atoms with Crippen molar-refractivity contribution in [3.8, 4) is 0 Å². The molecule has 0 saturated carbocycles. The minimum atomic E-state index is -4.44. The summed E-state index contributed by atoms with van der Waals surface area (Å²) in [5, 5.41) is 3.49. The largest absolute Gasteiger partial charge is 0.418 e. The van der Waals surface area contributed by atoms with Crippen molar-refractivity contribution in [1.29, 1.82) is 0 Å². The molecule has 0 radical (unpaired) electrons. The summed E-state index contributed by atoms with van der Waals surface area (Å²) in [5.41, 5.74) is 0.890. The maximum Gasteiger partial charge on any atom is 0.418 e. The van der Waals surface area contributed by atoms with E-state index in [9.17, 15) is 13.2 Å². The lowest BCUT2D eigenvalue weighted by Gasteiger charge is -2.45. The van der Waals surface area contributed by atoms with Crippen LogP contribution in [0.4, 0.5) is 18.9 Å². The Labute approximate surface area is 187 Å². The van der Waals surface area contributed by atoms with Gasteiger partial charge in [-0.2, -0.15) is 13.2 Å². The number of alkyl halides is 3. The van der Waals surface area contributed by atoms with E-state index >= 15 is 0 Å². The van der Waals surface area contributed by atoms with E-state index in [1.165, 1.54) is 38.1 Å². The Morgan fingerprint density at radius 3 is 2.38 bits per heavy atom. The van der Waals surface area contributed by atoms with Crippen molar-refractivity contribution < 1.29 is 13.2 Å². The number of benzene rings is 1. The first kappa shape index (κ1) is 21.9. The molecule has 32 heavy (non-hydrogen) atoms. The quantitative estimate of drug-likeness (QED) is 0.765. The molecule has 3 aliphatic heterocycles. The molecule has 8 heteroatoms. The maximum atomic E-state index is 13.5. The topological polar surface area (TPSA) is 44.3 Å². The zero-order valence-corrected chi connectivity index (χ0v) is 18.7. The highest BCUT2D eigenvalue weighted by Crippen LogP contribution is 2.41. The van der Waals surface area contributed by atoms with E-state index in [1.54, 1.807) is 6.07 Å². The fraction of sp³-hybridized carbons (Fsp3) is 0.667. The van der Waals surface area contributed by atoms with Gasteiger partial charge in [0.05, 0.1) is 11.3 Å². The van der Waals surface area contributed by atoms with Crippen LogP contribution in [0.2, 0.25) is 0 Å². The summed E-state index contributed by atoms with van der Waals surface area (Å²) in [7, 11) is 0. The highest BCUT2D eigenvalue weighted by Gasteiger charge is 2.39. The molecule has 0 aliphatic carbocycles. The van der Waals surface area contributed by atoms with Crippen LogP contribution in [0.5, 0.6) is 0 Å². The highest BCUT2D eigenvalue weighted by molar-refractivity contribution is 5.90. The summed E-state index contributed by atoms with van der Waals surface area (Å²) in [6.45, 7) is 9.65. The van der Waals surface area contributed by atoms with Gasteiger partial charge in [0.25, 0.3) is 0 Å². The third-order valence-electron chi connectivity index (χ3n) is 8.09. The Kier molecular flexibility index (Phi) is 5.78.